The van der Waals surface area contributed by atoms with Gasteiger partial charge in [-0.2, -0.15) is 0 Å². The first-order valence-electron chi connectivity index (χ1n) is 11.3. The lowest BCUT2D eigenvalue weighted by molar-refractivity contribution is -0.114. The molecule has 0 spiro atoms. The van der Waals surface area contributed by atoms with Crippen LogP contribution in [0.5, 0.6) is 0 Å². The summed E-state index contributed by atoms with van der Waals surface area (Å²) in [7, 11) is 0. The Morgan fingerprint density at radius 1 is 0.875 bits per heavy atom. The number of nitrogens with one attached hydrogen (secondary N) is 3. The average molecular weight is 437 g/mol. The summed E-state index contributed by atoms with van der Waals surface area (Å²) in [4.78, 5) is 39.3. The third-order valence-corrected chi connectivity index (χ3v) is 5.28. The molecular formula is C25H32N4O3. The van der Waals surface area contributed by atoms with Crippen molar-refractivity contribution in [3.05, 3.63) is 59.7 Å². The number of anilines is 2. The zero-order valence-electron chi connectivity index (χ0n) is 18.8. The maximum atomic E-state index is 12.8. The van der Waals surface area contributed by atoms with Crippen molar-refractivity contribution in [1.29, 1.82) is 0 Å². The molecule has 7 nitrogen and oxygen atoms in total. The van der Waals surface area contributed by atoms with Gasteiger partial charge in [-0.3, -0.25) is 14.4 Å². The highest BCUT2D eigenvalue weighted by molar-refractivity contribution is 5.98. The Hall–Kier alpha value is -3.35. The number of carbonyl (C=O) groups is 3. The molecule has 0 radical (unpaired) electrons. The molecule has 3 N–H and O–H groups in total. The van der Waals surface area contributed by atoms with Crippen molar-refractivity contribution in [1.82, 2.24) is 10.2 Å². The van der Waals surface area contributed by atoms with Crippen LogP contribution in [0.2, 0.25) is 0 Å². The van der Waals surface area contributed by atoms with E-state index in [0.29, 0.717) is 22.5 Å². The number of carbonyl (C=O) groups excluding carboxylic acids is 3. The topological polar surface area (TPSA) is 90.5 Å². The molecule has 0 atom stereocenters. The molecule has 1 aliphatic rings. The van der Waals surface area contributed by atoms with Crippen molar-refractivity contribution >= 4 is 29.1 Å². The van der Waals surface area contributed by atoms with E-state index in [1.165, 1.54) is 12.8 Å². The van der Waals surface area contributed by atoms with Gasteiger partial charge >= 0.3 is 0 Å². The van der Waals surface area contributed by atoms with Crippen LogP contribution in [0.15, 0.2) is 48.5 Å². The van der Waals surface area contributed by atoms with Crippen molar-refractivity contribution in [2.45, 2.75) is 45.6 Å². The molecule has 1 fully saturated rings. The summed E-state index contributed by atoms with van der Waals surface area (Å²) in [5.74, 6) is -0.382. The summed E-state index contributed by atoms with van der Waals surface area (Å²) < 4.78 is 0. The summed E-state index contributed by atoms with van der Waals surface area (Å²) in [5.41, 5.74) is 2.38. The van der Waals surface area contributed by atoms with Crippen LogP contribution in [-0.4, -0.2) is 48.3 Å². The Morgan fingerprint density at radius 3 is 2.19 bits per heavy atom. The third kappa shape index (κ3) is 6.83. The Labute approximate surface area is 189 Å². The number of benzene rings is 2. The number of hydrogen-bond acceptors (Lipinski definition) is 4. The average Bonchev–Trinajstić information content (AvgIpc) is 3.07. The van der Waals surface area contributed by atoms with E-state index >= 15 is 0 Å². The van der Waals surface area contributed by atoms with E-state index in [1.54, 1.807) is 30.3 Å². The fourth-order valence-electron chi connectivity index (χ4n) is 3.69. The van der Waals surface area contributed by atoms with Gasteiger partial charge in [-0.1, -0.05) is 25.0 Å². The number of nitrogens with zero attached hydrogens (tertiary/aromatic N) is 1. The monoisotopic (exact) mass is 436 g/mol. The first-order valence-corrected chi connectivity index (χ1v) is 11.3. The summed E-state index contributed by atoms with van der Waals surface area (Å²) in [6.45, 7) is 5.43. The summed E-state index contributed by atoms with van der Waals surface area (Å²) in [6, 6.07) is 14.1. The molecule has 0 saturated carbocycles. The van der Waals surface area contributed by atoms with Gasteiger partial charge in [0, 0.05) is 41.6 Å². The molecule has 1 saturated heterocycles. The Kier molecular flexibility index (Phi) is 8.25. The molecule has 0 aromatic heterocycles. The predicted molar refractivity (Wildman–Crippen MR) is 127 cm³/mol. The van der Waals surface area contributed by atoms with Gasteiger partial charge in [-0.15, -0.1) is 0 Å². The molecule has 2 aromatic rings. The second-order valence-corrected chi connectivity index (χ2v) is 8.40. The van der Waals surface area contributed by atoms with Crippen LogP contribution in [0.25, 0.3) is 0 Å². The van der Waals surface area contributed by atoms with E-state index < -0.39 is 0 Å². The quantitative estimate of drug-likeness (QED) is 0.614. The van der Waals surface area contributed by atoms with Gasteiger partial charge in [0.2, 0.25) is 5.91 Å². The van der Waals surface area contributed by atoms with Crippen molar-refractivity contribution in [2.75, 3.05) is 30.3 Å². The Balaban J connectivity index is 1.55. The van der Waals surface area contributed by atoms with Gasteiger partial charge in [0.1, 0.15) is 0 Å². The standard InChI is InChI=1S/C25H32N4O3/c1-18(2)27-24(31)19-9-7-12-22(15-19)28-23(30)17-26-21-11-8-10-20(16-21)25(32)29-13-5-3-4-6-14-29/h7-12,15-16,18,26H,3-6,13-14,17H2,1-2H3,(H,27,31)(H,28,30). The van der Waals surface area contributed by atoms with Crippen LogP contribution < -0.4 is 16.0 Å². The zero-order chi connectivity index (χ0) is 22.9. The molecule has 1 aliphatic heterocycles. The van der Waals surface area contributed by atoms with Crippen LogP contribution in [0.1, 0.15) is 60.2 Å². The van der Waals surface area contributed by atoms with Gasteiger partial charge in [-0.05, 0) is 63.1 Å². The molecular weight excluding hydrogens is 404 g/mol. The highest BCUT2D eigenvalue weighted by atomic mass is 16.2. The first kappa shape index (κ1) is 23.3. The SMILES string of the molecule is CC(C)NC(=O)c1cccc(NC(=O)CNc2cccc(C(=O)N3CCCCCC3)c2)c1. The largest absolute Gasteiger partial charge is 0.376 e. The van der Waals surface area contributed by atoms with Crippen LogP contribution >= 0.6 is 0 Å². The van der Waals surface area contributed by atoms with E-state index in [2.05, 4.69) is 16.0 Å². The first-order chi connectivity index (χ1) is 15.4. The molecule has 0 bridgehead atoms. The normalized spacial score (nSPS) is 13.9. The number of rotatable bonds is 7. The molecule has 0 aliphatic carbocycles. The summed E-state index contributed by atoms with van der Waals surface area (Å²) >= 11 is 0. The van der Waals surface area contributed by atoms with Gasteiger partial charge in [-0.25, -0.2) is 0 Å². The van der Waals surface area contributed by atoms with Crippen LogP contribution in [0.3, 0.4) is 0 Å². The third-order valence-electron chi connectivity index (χ3n) is 5.28. The van der Waals surface area contributed by atoms with Gasteiger partial charge in [0.25, 0.3) is 11.8 Å². The van der Waals surface area contributed by atoms with Crippen molar-refractivity contribution in [3.8, 4) is 0 Å². The molecule has 3 amide bonds. The molecule has 2 aromatic carbocycles. The Bertz CT molecular complexity index is 950. The molecule has 32 heavy (non-hydrogen) atoms. The minimum Gasteiger partial charge on any atom is -0.376 e. The van der Waals surface area contributed by atoms with Crippen molar-refractivity contribution in [2.24, 2.45) is 0 Å². The number of hydrogen-bond donors (Lipinski definition) is 3. The molecule has 7 heteroatoms. The van der Waals surface area contributed by atoms with E-state index in [0.717, 1.165) is 25.9 Å². The maximum absolute atomic E-state index is 12.8. The second-order valence-electron chi connectivity index (χ2n) is 8.40. The highest BCUT2D eigenvalue weighted by Gasteiger charge is 2.17. The van der Waals surface area contributed by atoms with E-state index in [-0.39, 0.29) is 30.3 Å². The maximum Gasteiger partial charge on any atom is 0.253 e. The lowest BCUT2D eigenvalue weighted by Crippen LogP contribution is -2.31. The number of amides is 3. The summed E-state index contributed by atoms with van der Waals surface area (Å²) in [6.07, 6.45) is 4.44. The van der Waals surface area contributed by atoms with Crippen LogP contribution in [0, 0.1) is 0 Å². The van der Waals surface area contributed by atoms with Gasteiger partial charge in [0.15, 0.2) is 0 Å². The van der Waals surface area contributed by atoms with Crippen molar-refractivity contribution in [3.63, 3.8) is 0 Å². The van der Waals surface area contributed by atoms with E-state index in [9.17, 15) is 14.4 Å². The fraction of sp³-hybridized carbons (Fsp3) is 0.400. The lowest BCUT2D eigenvalue weighted by Gasteiger charge is -2.20. The molecule has 0 unspecified atom stereocenters. The molecule has 3 rings (SSSR count). The smallest absolute Gasteiger partial charge is 0.253 e. The number of likely N-dealkylation sites (tertiary alicyclic amines) is 1. The van der Waals surface area contributed by atoms with Crippen molar-refractivity contribution < 1.29 is 14.4 Å². The highest BCUT2D eigenvalue weighted by Crippen LogP contribution is 2.17. The van der Waals surface area contributed by atoms with E-state index in [4.69, 9.17) is 0 Å². The zero-order valence-corrected chi connectivity index (χ0v) is 18.8. The van der Waals surface area contributed by atoms with Gasteiger partial charge in [0.05, 0.1) is 6.54 Å². The molecule has 1 heterocycles. The lowest BCUT2D eigenvalue weighted by atomic mass is 10.1. The Morgan fingerprint density at radius 2 is 1.50 bits per heavy atom. The fourth-order valence-corrected chi connectivity index (χ4v) is 3.69. The summed E-state index contributed by atoms with van der Waals surface area (Å²) in [5, 5.41) is 8.71. The predicted octanol–water partition coefficient (Wildman–Crippen LogP) is 3.89. The minimum absolute atomic E-state index is 0.0342. The van der Waals surface area contributed by atoms with Gasteiger partial charge < -0.3 is 20.9 Å². The van der Waals surface area contributed by atoms with Crippen LogP contribution in [0.4, 0.5) is 11.4 Å². The molecule has 170 valence electrons. The minimum atomic E-state index is -0.240. The second kappa shape index (κ2) is 11.3. The van der Waals surface area contributed by atoms with Crippen LogP contribution in [-0.2, 0) is 4.79 Å². The van der Waals surface area contributed by atoms with E-state index in [1.807, 2.05) is 36.9 Å².